The number of pyridine rings is 1. The Morgan fingerprint density at radius 3 is 2.62 bits per heavy atom. The predicted molar refractivity (Wildman–Crippen MR) is 134 cm³/mol. The molecule has 0 bridgehead atoms. The Bertz CT molecular complexity index is 1480. The first-order valence-corrected chi connectivity index (χ1v) is 12.4. The Morgan fingerprint density at radius 1 is 1.05 bits per heavy atom. The minimum Gasteiger partial charge on any atom is -0.485 e. The van der Waals surface area contributed by atoms with E-state index in [1.54, 1.807) is 24.3 Å². The van der Waals surface area contributed by atoms with Crippen molar-refractivity contribution < 1.29 is 23.8 Å². The molecule has 6 rings (SSSR count). The number of benzene rings is 2. The molecular formula is C28H27FN4O4. The second kappa shape index (κ2) is 9.48. The lowest BCUT2D eigenvalue weighted by atomic mass is 9.88. The average molecular weight is 503 g/mol. The van der Waals surface area contributed by atoms with Crippen LogP contribution in [0.4, 0.5) is 4.39 Å². The van der Waals surface area contributed by atoms with Gasteiger partial charge in [0.2, 0.25) is 0 Å². The number of aromatic nitrogens is 3. The van der Waals surface area contributed by atoms with Gasteiger partial charge < -0.3 is 19.1 Å². The van der Waals surface area contributed by atoms with E-state index < -0.39 is 12.1 Å². The summed E-state index contributed by atoms with van der Waals surface area (Å²) in [6.07, 6.45) is 1.45. The number of aromatic carboxylic acids is 1. The second-order valence-electron chi connectivity index (χ2n) is 9.60. The molecule has 1 saturated heterocycles. The minimum absolute atomic E-state index is 0.0143. The molecule has 1 N–H and O–H groups in total. The Morgan fingerprint density at radius 2 is 1.84 bits per heavy atom. The molecule has 4 heterocycles. The van der Waals surface area contributed by atoms with Crippen molar-refractivity contribution in [2.24, 2.45) is 7.05 Å². The number of rotatable bonds is 5. The Kier molecular flexibility index (Phi) is 6.00. The molecule has 1 atom stereocenters. The highest BCUT2D eigenvalue weighted by Gasteiger charge is 2.30. The summed E-state index contributed by atoms with van der Waals surface area (Å²) in [4.78, 5) is 22.6. The van der Waals surface area contributed by atoms with Crippen molar-refractivity contribution in [3.8, 4) is 11.5 Å². The molecule has 1 fully saturated rings. The van der Waals surface area contributed by atoms with Crippen molar-refractivity contribution in [3.63, 3.8) is 0 Å². The van der Waals surface area contributed by atoms with Crippen molar-refractivity contribution in [1.29, 1.82) is 0 Å². The zero-order chi connectivity index (χ0) is 25.5. The summed E-state index contributed by atoms with van der Waals surface area (Å²) in [6.45, 7) is 2.72. The van der Waals surface area contributed by atoms with Crippen molar-refractivity contribution in [1.82, 2.24) is 19.4 Å². The summed E-state index contributed by atoms with van der Waals surface area (Å²) in [5.41, 5.74) is 2.92. The van der Waals surface area contributed by atoms with Crippen LogP contribution in [0.2, 0.25) is 0 Å². The van der Waals surface area contributed by atoms with Crippen LogP contribution in [0.5, 0.6) is 11.5 Å². The van der Waals surface area contributed by atoms with Gasteiger partial charge in [-0.3, -0.25) is 4.90 Å². The van der Waals surface area contributed by atoms with Crippen LogP contribution in [0.15, 0.2) is 54.6 Å². The Labute approximate surface area is 213 Å². The van der Waals surface area contributed by atoms with Gasteiger partial charge in [0.15, 0.2) is 28.9 Å². The zero-order valence-electron chi connectivity index (χ0n) is 20.4. The van der Waals surface area contributed by atoms with Crippen LogP contribution in [-0.2, 0) is 13.6 Å². The molecule has 2 aromatic carbocycles. The maximum absolute atomic E-state index is 14.3. The number of carbonyl (C=O) groups is 1. The van der Waals surface area contributed by atoms with Crippen LogP contribution in [0.25, 0.3) is 11.2 Å². The third-order valence-electron chi connectivity index (χ3n) is 7.33. The summed E-state index contributed by atoms with van der Waals surface area (Å²) in [5.74, 6) is 1.28. The molecule has 4 aromatic rings. The average Bonchev–Trinajstić information content (AvgIpc) is 3.23. The highest BCUT2D eigenvalue weighted by atomic mass is 19.1. The fourth-order valence-electron chi connectivity index (χ4n) is 5.31. The number of hydrogen-bond acceptors (Lipinski definition) is 6. The first-order chi connectivity index (χ1) is 18.0. The smallest absolute Gasteiger partial charge is 0.354 e. The van der Waals surface area contributed by atoms with Gasteiger partial charge in [-0.05, 0) is 56.1 Å². The first-order valence-electron chi connectivity index (χ1n) is 12.4. The molecule has 0 spiro atoms. The molecule has 9 heteroatoms. The van der Waals surface area contributed by atoms with E-state index in [0.29, 0.717) is 34.9 Å². The molecule has 0 aliphatic carbocycles. The number of piperidine rings is 1. The number of halogens is 1. The number of fused-ring (bicyclic) bond motifs is 2. The number of carboxylic acid groups (broad SMARTS) is 1. The van der Waals surface area contributed by atoms with Crippen LogP contribution < -0.4 is 9.47 Å². The van der Waals surface area contributed by atoms with E-state index in [2.05, 4.69) is 20.9 Å². The zero-order valence-corrected chi connectivity index (χ0v) is 20.4. The standard InChI is InChI=1S/C28H27FN4O4/c1-32-25(30-21-9-10-22(28(34)35)31-27(21)32)15-33-13-11-17(12-14-33)18-6-4-8-23-26(18)36-16-24(37-23)19-5-2-3-7-20(19)29/h2-10,17,24H,11-16H2,1H3,(H,34,35). The molecule has 2 aliphatic heterocycles. The van der Waals surface area contributed by atoms with Crippen molar-refractivity contribution in [2.45, 2.75) is 31.4 Å². The molecule has 0 saturated carbocycles. The van der Waals surface area contributed by atoms with Gasteiger partial charge in [-0.25, -0.2) is 19.2 Å². The topological polar surface area (TPSA) is 89.7 Å². The molecule has 2 aliphatic rings. The third kappa shape index (κ3) is 4.40. The predicted octanol–water partition coefficient (Wildman–Crippen LogP) is 4.70. The molecule has 37 heavy (non-hydrogen) atoms. The monoisotopic (exact) mass is 502 g/mol. The van der Waals surface area contributed by atoms with E-state index >= 15 is 0 Å². The minimum atomic E-state index is -1.05. The van der Waals surface area contributed by atoms with Crippen molar-refractivity contribution in [3.05, 3.63) is 83.1 Å². The van der Waals surface area contributed by atoms with E-state index in [-0.39, 0.29) is 18.1 Å². The fourth-order valence-corrected chi connectivity index (χ4v) is 5.31. The lowest BCUT2D eigenvalue weighted by Gasteiger charge is -2.34. The van der Waals surface area contributed by atoms with Gasteiger partial charge in [0, 0.05) is 18.2 Å². The number of ether oxygens (including phenoxy) is 2. The number of nitrogens with zero attached hydrogens (tertiary/aromatic N) is 4. The number of carboxylic acids is 1. The van der Waals surface area contributed by atoms with Crippen LogP contribution in [0.1, 0.15) is 52.3 Å². The molecule has 2 aromatic heterocycles. The van der Waals surface area contributed by atoms with Crippen molar-refractivity contribution in [2.75, 3.05) is 19.7 Å². The maximum Gasteiger partial charge on any atom is 0.354 e. The van der Waals surface area contributed by atoms with Crippen LogP contribution in [-0.4, -0.2) is 50.2 Å². The summed E-state index contributed by atoms with van der Waals surface area (Å²) in [6, 6.07) is 15.8. The highest BCUT2D eigenvalue weighted by Crippen LogP contribution is 2.44. The van der Waals surface area contributed by atoms with Gasteiger partial charge in [0.1, 0.15) is 23.8 Å². The van der Waals surface area contributed by atoms with Crippen LogP contribution >= 0.6 is 0 Å². The van der Waals surface area contributed by atoms with Crippen LogP contribution in [0, 0.1) is 5.82 Å². The lowest BCUT2D eigenvalue weighted by molar-refractivity contribution is 0.0691. The van der Waals surface area contributed by atoms with Gasteiger partial charge in [-0.2, -0.15) is 0 Å². The van der Waals surface area contributed by atoms with E-state index in [4.69, 9.17) is 9.47 Å². The number of likely N-dealkylation sites (tertiary alicyclic amines) is 1. The lowest BCUT2D eigenvalue weighted by Crippen LogP contribution is -2.33. The van der Waals surface area contributed by atoms with Gasteiger partial charge >= 0.3 is 5.97 Å². The maximum atomic E-state index is 14.3. The van der Waals surface area contributed by atoms with E-state index in [1.165, 1.54) is 12.1 Å². The molecule has 0 amide bonds. The number of imidazole rings is 1. The Balaban J connectivity index is 1.14. The SMILES string of the molecule is Cn1c(CN2CCC(c3cccc4c3OCC(c3ccccc3F)O4)CC2)nc2ccc(C(=O)O)nc21. The van der Waals surface area contributed by atoms with Gasteiger partial charge in [0.25, 0.3) is 0 Å². The summed E-state index contributed by atoms with van der Waals surface area (Å²) in [7, 11) is 1.87. The summed E-state index contributed by atoms with van der Waals surface area (Å²) >= 11 is 0. The quantitative estimate of drug-likeness (QED) is 0.423. The summed E-state index contributed by atoms with van der Waals surface area (Å²) in [5, 5.41) is 9.24. The second-order valence-corrected chi connectivity index (χ2v) is 9.60. The number of aryl methyl sites for hydroxylation is 1. The van der Waals surface area contributed by atoms with Crippen LogP contribution in [0.3, 0.4) is 0 Å². The first kappa shape index (κ1) is 23.4. The van der Waals surface area contributed by atoms with E-state index in [0.717, 1.165) is 43.1 Å². The molecule has 190 valence electrons. The molecular weight excluding hydrogens is 475 g/mol. The molecule has 1 unspecified atom stereocenters. The van der Waals surface area contributed by atoms with Gasteiger partial charge in [-0.15, -0.1) is 0 Å². The molecule has 0 radical (unpaired) electrons. The van der Waals surface area contributed by atoms with Crippen molar-refractivity contribution >= 4 is 17.1 Å². The highest BCUT2D eigenvalue weighted by molar-refractivity contribution is 5.88. The Hall–Kier alpha value is -3.98. The van der Waals surface area contributed by atoms with Gasteiger partial charge in [-0.1, -0.05) is 30.3 Å². The normalized spacial score (nSPS) is 18.3. The molecule has 8 nitrogen and oxygen atoms in total. The van der Waals surface area contributed by atoms with E-state index in [1.807, 2.05) is 23.7 Å². The fraction of sp³-hybridized carbons (Fsp3) is 0.321. The van der Waals surface area contributed by atoms with E-state index in [9.17, 15) is 14.3 Å². The third-order valence-corrected chi connectivity index (χ3v) is 7.33. The van der Waals surface area contributed by atoms with Gasteiger partial charge in [0.05, 0.1) is 6.54 Å². The number of para-hydroxylation sites is 1. The largest absolute Gasteiger partial charge is 0.485 e. The number of hydrogen-bond donors (Lipinski definition) is 1. The summed E-state index contributed by atoms with van der Waals surface area (Å²) < 4.78 is 28.5.